The lowest BCUT2D eigenvalue weighted by atomic mass is 10.0. The summed E-state index contributed by atoms with van der Waals surface area (Å²) in [5, 5.41) is 15.9. The number of hydrogen-bond acceptors (Lipinski definition) is 6. The summed E-state index contributed by atoms with van der Waals surface area (Å²) >= 11 is 1.33. The van der Waals surface area contributed by atoms with Crippen molar-refractivity contribution in [1.29, 1.82) is 0 Å². The fourth-order valence-electron chi connectivity index (χ4n) is 3.14. The summed E-state index contributed by atoms with van der Waals surface area (Å²) in [7, 11) is 1.57. The number of thiophene rings is 1. The summed E-state index contributed by atoms with van der Waals surface area (Å²) in [6.45, 7) is 0. The van der Waals surface area contributed by atoms with Crippen LogP contribution in [0.5, 0.6) is 5.75 Å². The Bertz CT molecular complexity index is 1260. The van der Waals surface area contributed by atoms with Crippen LogP contribution in [0.4, 0.5) is 11.5 Å². The van der Waals surface area contributed by atoms with Crippen molar-refractivity contribution in [2.75, 3.05) is 12.4 Å². The molecule has 0 aliphatic carbocycles. The summed E-state index contributed by atoms with van der Waals surface area (Å²) in [5.41, 5.74) is 2.62. The normalized spacial score (nSPS) is 10.5. The second-order valence-corrected chi connectivity index (χ2v) is 7.51. The van der Waals surface area contributed by atoms with Gasteiger partial charge in [0.05, 0.1) is 22.6 Å². The number of hydrogen-bond donors (Lipinski definition) is 1. The molecule has 2 aromatic heterocycles. The molecule has 0 bridgehead atoms. The molecular weight excluding hydrogens is 414 g/mol. The van der Waals surface area contributed by atoms with Crippen molar-refractivity contribution >= 4 is 28.7 Å². The summed E-state index contributed by atoms with van der Waals surface area (Å²) in [6, 6.07) is 20.8. The molecule has 2 aromatic carbocycles. The minimum absolute atomic E-state index is 0.0164. The average Bonchev–Trinajstić information content (AvgIpc) is 3.34. The van der Waals surface area contributed by atoms with Gasteiger partial charge in [-0.1, -0.05) is 30.3 Å². The minimum Gasteiger partial charge on any atom is -0.496 e. The third kappa shape index (κ3) is 4.44. The molecule has 8 heteroatoms. The summed E-state index contributed by atoms with van der Waals surface area (Å²) in [4.78, 5) is 28.5. The Morgan fingerprint density at radius 2 is 1.87 bits per heavy atom. The van der Waals surface area contributed by atoms with Gasteiger partial charge in [0, 0.05) is 17.7 Å². The van der Waals surface area contributed by atoms with E-state index in [4.69, 9.17) is 4.74 Å². The minimum atomic E-state index is -0.439. The molecule has 0 spiro atoms. The Balaban J connectivity index is 1.83. The Morgan fingerprint density at radius 3 is 2.61 bits per heavy atom. The number of para-hydroxylation sites is 1. The van der Waals surface area contributed by atoms with Crippen molar-refractivity contribution < 1.29 is 14.5 Å². The molecule has 4 aromatic rings. The van der Waals surface area contributed by atoms with E-state index in [1.54, 1.807) is 37.4 Å². The molecule has 0 saturated heterocycles. The second kappa shape index (κ2) is 8.76. The molecule has 0 saturated carbocycles. The molecule has 1 amide bonds. The molecule has 0 aliphatic rings. The van der Waals surface area contributed by atoms with E-state index in [1.807, 2.05) is 35.7 Å². The van der Waals surface area contributed by atoms with Crippen LogP contribution in [0, 0.1) is 10.1 Å². The van der Waals surface area contributed by atoms with Gasteiger partial charge in [-0.3, -0.25) is 14.9 Å². The van der Waals surface area contributed by atoms with Crippen LogP contribution < -0.4 is 10.1 Å². The van der Waals surface area contributed by atoms with Gasteiger partial charge in [-0.05, 0) is 46.8 Å². The number of benzene rings is 2. The zero-order valence-corrected chi connectivity index (χ0v) is 17.3. The lowest BCUT2D eigenvalue weighted by Gasteiger charge is -2.12. The van der Waals surface area contributed by atoms with Crippen molar-refractivity contribution in [2.45, 2.75) is 0 Å². The molecule has 1 N–H and O–H groups in total. The molecule has 0 aliphatic heterocycles. The predicted octanol–water partition coefficient (Wildman–Crippen LogP) is 5.65. The fourth-order valence-corrected chi connectivity index (χ4v) is 3.76. The summed E-state index contributed by atoms with van der Waals surface area (Å²) in [6.07, 6.45) is 0. The maximum absolute atomic E-state index is 12.6. The number of carbonyl (C=O) groups is 1. The van der Waals surface area contributed by atoms with Gasteiger partial charge in [0.1, 0.15) is 11.6 Å². The number of aromatic nitrogens is 1. The van der Waals surface area contributed by atoms with Gasteiger partial charge in [0.25, 0.3) is 11.6 Å². The van der Waals surface area contributed by atoms with Crippen LogP contribution in [0.2, 0.25) is 0 Å². The van der Waals surface area contributed by atoms with Gasteiger partial charge >= 0.3 is 0 Å². The van der Waals surface area contributed by atoms with Crippen LogP contribution in [0.3, 0.4) is 0 Å². The topological polar surface area (TPSA) is 94.4 Å². The van der Waals surface area contributed by atoms with E-state index >= 15 is 0 Å². The first-order valence-corrected chi connectivity index (χ1v) is 10.2. The standard InChI is InChI=1S/C23H17N3O4S/c1-30-20-9-3-2-8-18(20)19-13-16(15-6-4-7-17(12-15)26(28)29)14-22(24-19)25-23(27)21-10-5-11-31-21/h2-14H,1H3,(H,24,25,27). The molecule has 0 fully saturated rings. The SMILES string of the molecule is COc1ccccc1-c1cc(-c2cccc([N+](=O)[O-])c2)cc(NC(=O)c2cccs2)n1. The number of amides is 1. The van der Waals surface area contributed by atoms with Crippen LogP contribution in [0.1, 0.15) is 9.67 Å². The first-order chi connectivity index (χ1) is 15.0. The first-order valence-electron chi connectivity index (χ1n) is 9.30. The molecule has 0 unspecified atom stereocenters. The van der Waals surface area contributed by atoms with Crippen LogP contribution in [-0.4, -0.2) is 22.9 Å². The van der Waals surface area contributed by atoms with Crippen molar-refractivity contribution in [1.82, 2.24) is 4.98 Å². The molecule has 2 heterocycles. The lowest BCUT2D eigenvalue weighted by molar-refractivity contribution is -0.384. The molecule has 0 atom stereocenters. The number of methoxy groups -OCH3 is 1. The largest absolute Gasteiger partial charge is 0.496 e. The highest BCUT2D eigenvalue weighted by Crippen LogP contribution is 2.34. The zero-order chi connectivity index (χ0) is 21.8. The van der Waals surface area contributed by atoms with Crippen LogP contribution in [0.15, 0.2) is 78.2 Å². The number of carbonyl (C=O) groups excluding carboxylic acids is 1. The van der Waals surface area contributed by atoms with Crippen LogP contribution >= 0.6 is 11.3 Å². The maximum Gasteiger partial charge on any atom is 0.270 e. The van der Waals surface area contributed by atoms with E-state index in [2.05, 4.69) is 10.3 Å². The van der Waals surface area contributed by atoms with Crippen molar-refractivity contribution in [2.24, 2.45) is 0 Å². The fraction of sp³-hybridized carbons (Fsp3) is 0.0435. The van der Waals surface area contributed by atoms with E-state index in [1.165, 1.54) is 23.5 Å². The molecule has 7 nitrogen and oxygen atoms in total. The Labute approximate surface area is 182 Å². The van der Waals surface area contributed by atoms with Crippen molar-refractivity contribution in [3.05, 3.63) is 93.2 Å². The Kier molecular flexibility index (Phi) is 5.72. The molecule has 0 radical (unpaired) electrons. The monoisotopic (exact) mass is 431 g/mol. The van der Waals surface area contributed by atoms with E-state index in [9.17, 15) is 14.9 Å². The number of ether oxygens (including phenoxy) is 1. The number of nitro groups is 1. The van der Waals surface area contributed by atoms with Crippen molar-refractivity contribution in [3.8, 4) is 28.1 Å². The Morgan fingerprint density at radius 1 is 1.03 bits per heavy atom. The number of non-ortho nitro benzene ring substituents is 1. The van der Waals surface area contributed by atoms with Gasteiger partial charge in [-0.25, -0.2) is 4.98 Å². The van der Waals surface area contributed by atoms with Gasteiger partial charge in [0.15, 0.2) is 0 Å². The van der Waals surface area contributed by atoms with Crippen LogP contribution in [0.25, 0.3) is 22.4 Å². The zero-order valence-electron chi connectivity index (χ0n) is 16.4. The predicted molar refractivity (Wildman–Crippen MR) is 121 cm³/mol. The van der Waals surface area contributed by atoms with E-state index in [0.29, 0.717) is 33.3 Å². The van der Waals surface area contributed by atoms with E-state index in [0.717, 1.165) is 5.56 Å². The van der Waals surface area contributed by atoms with Gasteiger partial charge in [-0.15, -0.1) is 11.3 Å². The number of nitrogens with zero attached hydrogens (tertiary/aromatic N) is 2. The summed E-state index contributed by atoms with van der Waals surface area (Å²) < 4.78 is 5.46. The third-order valence-electron chi connectivity index (χ3n) is 4.59. The number of anilines is 1. The Hall–Kier alpha value is -4.04. The van der Waals surface area contributed by atoms with Crippen LogP contribution in [-0.2, 0) is 0 Å². The third-order valence-corrected chi connectivity index (χ3v) is 5.45. The van der Waals surface area contributed by atoms with Gasteiger partial charge < -0.3 is 10.1 Å². The quantitative estimate of drug-likeness (QED) is 0.315. The first kappa shape index (κ1) is 20.2. The highest BCUT2D eigenvalue weighted by Gasteiger charge is 2.15. The van der Waals surface area contributed by atoms with Crippen molar-refractivity contribution in [3.63, 3.8) is 0 Å². The average molecular weight is 431 g/mol. The highest BCUT2D eigenvalue weighted by atomic mass is 32.1. The number of nitro benzene ring substituents is 1. The van der Waals surface area contributed by atoms with E-state index < -0.39 is 4.92 Å². The summed E-state index contributed by atoms with van der Waals surface area (Å²) in [5.74, 6) is 0.690. The van der Waals surface area contributed by atoms with E-state index in [-0.39, 0.29) is 11.6 Å². The lowest BCUT2D eigenvalue weighted by Crippen LogP contribution is -2.11. The molecule has 154 valence electrons. The molecule has 4 rings (SSSR count). The number of nitrogens with one attached hydrogen (secondary N) is 1. The number of rotatable bonds is 6. The number of pyridine rings is 1. The molecular formula is C23H17N3O4S. The maximum atomic E-state index is 12.6. The van der Waals surface area contributed by atoms with Gasteiger partial charge in [-0.2, -0.15) is 0 Å². The van der Waals surface area contributed by atoms with Gasteiger partial charge in [0.2, 0.25) is 0 Å². The highest BCUT2D eigenvalue weighted by molar-refractivity contribution is 7.12. The second-order valence-electron chi connectivity index (χ2n) is 6.57. The smallest absolute Gasteiger partial charge is 0.270 e. The molecule has 31 heavy (non-hydrogen) atoms.